The van der Waals surface area contributed by atoms with Crippen molar-refractivity contribution < 1.29 is 13.6 Å². The van der Waals surface area contributed by atoms with Gasteiger partial charge < -0.3 is 5.32 Å². The van der Waals surface area contributed by atoms with Crippen LogP contribution >= 0.6 is 31.9 Å². The smallest absolute Gasteiger partial charge is 0.283 e. The van der Waals surface area contributed by atoms with Gasteiger partial charge in [-0.2, -0.15) is 10.2 Å². The summed E-state index contributed by atoms with van der Waals surface area (Å²) in [7, 11) is 0. The second-order valence-corrected chi connectivity index (χ2v) is 6.92. The second-order valence-electron chi connectivity index (χ2n) is 5.27. The first-order chi connectivity index (χ1) is 11.3. The molecule has 0 radical (unpaired) electrons. The van der Waals surface area contributed by atoms with Gasteiger partial charge in [-0.15, -0.1) is 0 Å². The molecule has 2 heterocycles. The number of alkyl halides is 2. The molecule has 0 fully saturated rings. The lowest BCUT2D eigenvalue weighted by atomic mass is 10.4. The van der Waals surface area contributed by atoms with Crippen LogP contribution < -0.4 is 5.32 Å². The van der Waals surface area contributed by atoms with Crippen molar-refractivity contribution >= 4 is 37.8 Å². The highest BCUT2D eigenvalue weighted by molar-refractivity contribution is 9.10. The highest BCUT2D eigenvalue weighted by atomic mass is 79.9. The van der Waals surface area contributed by atoms with Crippen molar-refractivity contribution in [3.63, 3.8) is 0 Å². The Morgan fingerprint density at radius 3 is 2.58 bits per heavy atom. The highest BCUT2D eigenvalue weighted by Crippen LogP contribution is 2.28. The molecule has 0 aliphatic carbocycles. The zero-order valence-electron chi connectivity index (χ0n) is 13.2. The number of hydrogen-bond donors (Lipinski definition) is 1. The molecule has 0 atom stereocenters. The van der Waals surface area contributed by atoms with E-state index in [9.17, 15) is 13.6 Å². The minimum Gasteiger partial charge on any atom is -0.354 e. The third-order valence-electron chi connectivity index (χ3n) is 3.43. The summed E-state index contributed by atoms with van der Waals surface area (Å²) in [6.07, 6.45) is -0.0870. The van der Waals surface area contributed by atoms with Gasteiger partial charge in [0.15, 0.2) is 0 Å². The number of amides is 1. The zero-order valence-corrected chi connectivity index (χ0v) is 16.4. The van der Waals surface area contributed by atoms with Gasteiger partial charge in [-0.1, -0.05) is 0 Å². The molecule has 0 bridgehead atoms. The number of hydrogen-bond acceptors (Lipinski definition) is 3. The Labute approximate surface area is 154 Å². The molecule has 2 rings (SSSR count). The van der Waals surface area contributed by atoms with E-state index in [2.05, 4.69) is 47.4 Å². The summed E-state index contributed by atoms with van der Waals surface area (Å²) in [6.45, 7) is 4.59. The summed E-state index contributed by atoms with van der Waals surface area (Å²) < 4.78 is 29.8. The van der Waals surface area contributed by atoms with E-state index in [4.69, 9.17) is 0 Å². The van der Waals surface area contributed by atoms with Crippen molar-refractivity contribution in [2.24, 2.45) is 0 Å². The minimum absolute atomic E-state index is 0.0937. The van der Waals surface area contributed by atoms with Gasteiger partial charge in [0.1, 0.15) is 12.2 Å². The number of carbonyl (C=O) groups is 1. The first-order valence-electron chi connectivity index (χ1n) is 7.26. The van der Waals surface area contributed by atoms with Gasteiger partial charge in [-0.3, -0.25) is 14.2 Å². The van der Waals surface area contributed by atoms with Crippen molar-refractivity contribution in [2.45, 2.75) is 39.8 Å². The molecule has 132 valence electrons. The van der Waals surface area contributed by atoms with E-state index in [1.54, 1.807) is 11.6 Å². The summed E-state index contributed by atoms with van der Waals surface area (Å²) in [6, 6.07) is 0. The van der Waals surface area contributed by atoms with Crippen molar-refractivity contribution in [3.8, 4) is 0 Å². The molecule has 0 spiro atoms. The number of nitrogens with one attached hydrogen (secondary N) is 1. The number of aromatic nitrogens is 4. The second kappa shape index (κ2) is 8.19. The molecule has 0 aliphatic rings. The average molecular weight is 469 g/mol. The molecule has 0 saturated carbocycles. The lowest BCUT2D eigenvalue weighted by Crippen LogP contribution is -2.29. The summed E-state index contributed by atoms with van der Waals surface area (Å²) >= 11 is 6.47. The van der Waals surface area contributed by atoms with Crippen LogP contribution in [0.3, 0.4) is 0 Å². The van der Waals surface area contributed by atoms with Crippen molar-refractivity contribution in [1.82, 2.24) is 24.9 Å². The van der Waals surface area contributed by atoms with Crippen molar-refractivity contribution in [1.29, 1.82) is 0 Å². The van der Waals surface area contributed by atoms with E-state index in [0.29, 0.717) is 25.2 Å². The van der Waals surface area contributed by atoms with E-state index >= 15 is 0 Å². The number of nitrogens with zero attached hydrogens (tertiary/aromatic N) is 4. The highest BCUT2D eigenvalue weighted by Gasteiger charge is 2.21. The third kappa shape index (κ3) is 4.62. The van der Waals surface area contributed by atoms with Gasteiger partial charge in [0.25, 0.3) is 6.43 Å². The first-order valence-corrected chi connectivity index (χ1v) is 8.85. The third-order valence-corrected chi connectivity index (χ3v) is 5.19. The molecule has 0 saturated heterocycles. The van der Waals surface area contributed by atoms with Crippen LogP contribution in [0.2, 0.25) is 0 Å². The minimum atomic E-state index is -2.68. The van der Waals surface area contributed by atoms with Gasteiger partial charge in [-0.05, 0) is 52.1 Å². The van der Waals surface area contributed by atoms with E-state index in [1.807, 2.05) is 13.1 Å². The molecule has 2 aromatic rings. The van der Waals surface area contributed by atoms with Crippen LogP contribution in [-0.4, -0.2) is 32.0 Å². The van der Waals surface area contributed by atoms with Gasteiger partial charge in [-0.25, -0.2) is 8.78 Å². The molecule has 1 N–H and O–H groups in total. The van der Waals surface area contributed by atoms with E-state index in [-0.39, 0.29) is 22.6 Å². The Hall–Kier alpha value is -1.29. The Balaban J connectivity index is 1.80. The van der Waals surface area contributed by atoms with Crippen LogP contribution in [0.4, 0.5) is 8.78 Å². The quantitative estimate of drug-likeness (QED) is 0.633. The lowest BCUT2D eigenvalue weighted by Gasteiger charge is -2.07. The monoisotopic (exact) mass is 467 g/mol. The van der Waals surface area contributed by atoms with E-state index < -0.39 is 6.43 Å². The normalized spacial score (nSPS) is 11.3. The molecule has 2 aromatic heterocycles. The fourth-order valence-corrected chi connectivity index (χ4v) is 2.88. The first kappa shape index (κ1) is 19.0. The Bertz CT molecular complexity index is 710. The molecule has 0 unspecified atom stereocenters. The molecule has 6 nitrogen and oxygen atoms in total. The van der Waals surface area contributed by atoms with Gasteiger partial charge in [0, 0.05) is 19.3 Å². The SMILES string of the molecule is Cc1nn(CCCNC(=O)Cn2nc(C(F)F)c(Br)c2C)cc1Br. The predicted molar refractivity (Wildman–Crippen MR) is 91.9 cm³/mol. The van der Waals surface area contributed by atoms with Crippen LogP contribution in [0.1, 0.15) is 29.9 Å². The Morgan fingerprint density at radius 2 is 2.04 bits per heavy atom. The standard InChI is InChI=1S/C14H17Br2F2N5O/c1-8-10(15)6-22(20-8)5-3-4-19-11(24)7-23-9(2)12(16)13(21-23)14(17)18/h6,14H,3-5,7H2,1-2H3,(H,19,24). The Kier molecular flexibility index (Phi) is 6.50. The molecular formula is C14H17Br2F2N5O. The maximum atomic E-state index is 12.8. The molecule has 10 heteroatoms. The average Bonchev–Trinajstić information content (AvgIpc) is 2.98. The summed E-state index contributed by atoms with van der Waals surface area (Å²) in [4.78, 5) is 11.9. The van der Waals surface area contributed by atoms with Gasteiger partial charge in [0.2, 0.25) is 5.91 Å². The van der Waals surface area contributed by atoms with Gasteiger partial charge >= 0.3 is 0 Å². The number of carbonyl (C=O) groups excluding carboxylic acids is 1. The van der Waals surface area contributed by atoms with Crippen molar-refractivity contribution in [2.75, 3.05) is 6.54 Å². The van der Waals surface area contributed by atoms with Crippen molar-refractivity contribution in [3.05, 3.63) is 32.2 Å². The fraction of sp³-hybridized carbons (Fsp3) is 0.500. The molecule has 0 aliphatic heterocycles. The van der Waals surface area contributed by atoms with E-state index in [1.165, 1.54) is 4.68 Å². The number of aryl methyl sites for hydroxylation is 2. The van der Waals surface area contributed by atoms with Crippen LogP contribution in [0, 0.1) is 13.8 Å². The largest absolute Gasteiger partial charge is 0.354 e. The fourth-order valence-electron chi connectivity index (χ4n) is 2.11. The topological polar surface area (TPSA) is 64.7 Å². The molecule has 24 heavy (non-hydrogen) atoms. The number of halogens is 4. The summed E-state index contributed by atoms with van der Waals surface area (Å²) in [5, 5.41) is 10.8. The van der Waals surface area contributed by atoms with Gasteiger partial charge in [0.05, 0.1) is 20.3 Å². The molecule has 1 amide bonds. The van der Waals surface area contributed by atoms with Crippen LogP contribution in [0.25, 0.3) is 0 Å². The zero-order chi connectivity index (χ0) is 17.9. The molecule has 0 aromatic carbocycles. The lowest BCUT2D eigenvalue weighted by molar-refractivity contribution is -0.121. The molecular weight excluding hydrogens is 452 g/mol. The summed E-state index contributed by atoms with van der Waals surface area (Å²) in [5.41, 5.74) is 1.06. The maximum absolute atomic E-state index is 12.8. The Morgan fingerprint density at radius 1 is 1.33 bits per heavy atom. The van der Waals surface area contributed by atoms with E-state index in [0.717, 1.165) is 10.2 Å². The number of rotatable bonds is 7. The van der Waals surface area contributed by atoms with Crippen LogP contribution in [0.5, 0.6) is 0 Å². The van der Waals surface area contributed by atoms with Crippen LogP contribution in [0.15, 0.2) is 15.1 Å². The predicted octanol–water partition coefficient (Wildman–Crippen LogP) is 3.37. The van der Waals surface area contributed by atoms with Crippen LogP contribution in [-0.2, 0) is 17.9 Å². The maximum Gasteiger partial charge on any atom is 0.283 e. The summed E-state index contributed by atoms with van der Waals surface area (Å²) in [5.74, 6) is -0.272.